The Morgan fingerprint density at radius 2 is 0.682 bits per heavy atom. The van der Waals surface area contributed by atoms with Crippen molar-refractivity contribution in [1.29, 1.82) is 0 Å². The maximum absolute atomic E-state index is 2.62. The summed E-state index contributed by atoms with van der Waals surface area (Å²) in [7, 11) is 0. The molecule has 0 N–H and O–H groups in total. The van der Waals surface area contributed by atoms with Crippen LogP contribution in [0.4, 0.5) is 0 Å². The third kappa shape index (κ3) is 10.3. The van der Waals surface area contributed by atoms with Gasteiger partial charge in [0.2, 0.25) is 0 Å². The molecule has 0 aliphatic carbocycles. The van der Waals surface area contributed by atoms with E-state index in [9.17, 15) is 0 Å². The molecule has 0 unspecified atom stereocenters. The van der Waals surface area contributed by atoms with E-state index in [1.807, 2.05) is 0 Å². The number of nitrogens with zero attached hydrogens (tertiary/aromatic N) is 3. The molecule has 4 heteroatoms. The average Bonchev–Trinajstić information content (AvgIpc) is 2.56. The fraction of sp³-hybridized carbons (Fsp3) is 1.00. The van der Waals surface area contributed by atoms with Gasteiger partial charge in [-0.2, -0.15) is 0 Å². The first-order valence-electron chi connectivity index (χ1n) is 9.81. The second kappa shape index (κ2) is 15.1. The molecule has 0 aromatic rings. The molecule has 0 amide bonds. The van der Waals surface area contributed by atoms with Gasteiger partial charge in [0.25, 0.3) is 0 Å². The SMILES string of the molecule is CCN(CC)C[CH2][Ga]([CH2]CN(CC)CC)[CH2]CN(CC)CC. The Morgan fingerprint density at radius 1 is 0.455 bits per heavy atom. The van der Waals surface area contributed by atoms with Crippen LogP contribution in [0.5, 0.6) is 0 Å². The normalized spacial score (nSPS) is 11.9. The van der Waals surface area contributed by atoms with Crippen LogP contribution in [0.25, 0.3) is 0 Å². The molecule has 0 aromatic carbocycles. The van der Waals surface area contributed by atoms with Gasteiger partial charge in [-0.25, -0.2) is 0 Å². The quantitative estimate of drug-likeness (QED) is 0.409. The summed E-state index contributed by atoms with van der Waals surface area (Å²) in [6, 6.07) is 0. The second-order valence-electron chi connectivity index (χ2n) is 6.31. The van der Waals surface area contributed by atoms with E-state index in [0.717, 1.165) is 0 Å². The molecule has 0 bridgehead atoms. The Morgan fingerprint density at radius 3 is 0.864 bits per heavy atom. The zero-order valence-electron chi connectivity index (χ0n) is 16.4. The van der Waals surface area contributed by atoms with Crippen LogP contribution < -0.4 is 0 Å². The van der Waals surface area contributed by atoms with E-state index in [2.05, 4.69) is 56.2 Å². The van der Waals surface area contributed by atoms with Gasteiger partial charge in [-0.05, 0) is 0 Å². The molecule has 0 saturated heterocycles. The Kier molecular flexibility index (Phi) is 15.4. The molecule has 132 valence electrons. The topological polar surface area (TPSA) is 9.72 Å². The van der Waals surface area contributed by atoms with Crippen molar-refractivity contribution in [2.24, 2.45) is 0 Å². The third-order valence-electron chi connectivity index (χ3n) is 5.24. The van der Waals surface area contributed by atoms with Crippen molar-refractivity contribution in [3.63, 3.8) is 0 Å². The first-order valence-corrected chi connectivity index (χ1v) is 15.0. The number of rotatable bonds is 15. The molecule has 0 atom stereocenters. The van der Waals surface area contributed by atoms with E-state index < -0.39 is 16.2 Å². The predicted molar refractivity (Wildman–Crippen MR) is 104 cm³/mol. The summed E-state index contributed by atoms with van der Waals surface area (Å²) in [6.45, 7) is 25.2. The van der Waals surface area contributed by atoms with Crippen LogP contribution in [-0.2, 0) is 0 Å². The molecular formula is C18H42GaN3. The minimum absolute atomic E-state index is 1.13. The fourth-order valence-electron chi connectivity index (χ4n) is 3.15. The summed E-state index contributed by atoms with van der Waals surface area (Å²) >= 11 is -1.13. The van der Waals surface area contributed by atoms with Crippen LogP contribution >= 0.6 is 0 Å². The van der Waals surface area contributed by atoms with Crippen molar-refractivity contribution < 1.29 is 0 Å². The van der Waals surface area contributed by atoms with Gasteiger partial charge in [-0.15, -0.1) is 0 Å². The molecule has 0 aliphatic rings. The summed E-state index contributed by atoms with van der Waals surface area (Å²) in [6.07, 6.45) is 0. The van der Waals surface area contributed by atoms with Gasteiger partial charge < -0.3 is 0 Å². The second-order valence-corrected chi connectivity index (χ2v) is 13.6. The van der Waals surface area contributed by atoms with E-state index in [0.29, 0.717) is 0 Å². The number of hydrogen-bond acceptors (Lipinski definition) is 3. The van der Waals surface area contributed by atoms with Crippen LogP contribution in [0.1, 0.15) is 41.5 Å². The minimum atomic E-state index is -1.13. The Labute approximate surface area is 146 Å². The molecule has 0 saturated carbocycles. The van der Waals surface area contributed by atoms with Crippen LogP contribution in [0.15, 0.2) is 0 Å². The molecule has 0 rings (SSSR count). The van der Waals surface area contributed by atoms with Gasteiger partial charge >= 0.3 is 146 Å². The molecule has 0 aliphatic heterocycles. The summed E-state index contributed by atoms with van der Waals surface area (Å²) in [5.41, 5.74) is 0. The van der Waals surface area contributed by atoms with E-state index in [1.54, 1.807) is 14.9 Å². The van der Waals surface area contributed by atoms with Crippen molar-refractivity contribution in [3.8, 4) is 0 Å². The monoisotopic (exact) mass is 369 g/mol. The third-order valence-corrected chi connectivity index (χ3v) is 12.0. The molecule has 0 aromatic heterocycles. The van der Waals surface area contributed by atoms with E-state index in [-0.39, 0.29) is 0 Å². The zero-order valence-corrected chi connectivity index (χ0v) is 18.8. The van der Waals surface area contributed by atoms with E-state index in [4.69, 9.17) is 0 Å². The molecule has 22 heavy (non-hydrogen) atoms. The van der Waals surface area contributed by atoms with Crippen LogP contribution in [0.2, 0.25) is 14.9 Å². The van der Waals surface area contributed by atoms with Gasteiger partial charge in [0, 0.05) is 0 Å². The summed E-state index contributed by atoms with van der Waals surface area (Å²) in [5, 5.41) is 0. The number of hydrogen-bond donors (Lipinski definition) is 0. The van der Waals surface area contributed by atoms with Crippen LogP contribution in [-0.4, -0.2) is 89.8 Å². The Bertz CT molecular complexity index is 188. The molecule has 0 heterocycles. The van der Waals surface area contributed by atoms with Crippen molar-refractivity contribution in [3.05, 3.63) is 0 Å². The molecule has 0 radical (unpaired) electrons. The van der Waals surface area contributed by atoms with E-state index in [1.165, 1.54) is 58.9 Å². The van der Waals surface area contributed by atoms with E-state index >= 15 is 0 Å². The van der Waals surface area contributed by atoms with Crippen molar-refractivity contribution in [2.75, 3.05) is 58.9 Å². The van der Waals surface area contributed by atoms with Crippen molar-refractivity contribution >= 4 is 16.2 Å². The van der Waals surface area contributed by atoms with Crippen LogP contribution in [0.3, 0.4) is 0 Å². The first kappa shape index (κ1) is 22.5. The summed E-state index contributed by atoms with van der Waals surface area (Å²) < 4.78 is 0. The summed E-state index contributed by atoms with van der Waals surface area (Å²) in [5.74, 6) is 0. The van der Waals surface area contributed by atoms with Crippen LogP contribution in [0, 0.1) is 0 Å². The summed E-state index contributed by atoms with van der Waals surface area (Å²) in [4.78, 5) is 12.5. The fourth-order valence-corrected chi connectivity index (χ4v) is 9.56. The Balaban J connectivity index is 4.34. The van der Waals surface area contributed by atoms with Crippen molar-refractivity contribution in [2.45, 2.75) is 56.5 Å². The van der Waals surface area contributed by atoms with Gasteiger partial charge in [0.1, 0.15) is 0 Å². The first-order chi connectivity index (χ1) is 10.6. The molecule has 0 spiro atoms. The average molecular weight is 370 g/mol. The van der Waals surface area contributed by atoms with Gasteiger partial charge in [0.15, 0.2) is 0 Å². The van der Waals surface area contributed by atoms with Gasteiger partial charge in [0.05, 0.1) is 0 Å². The molecule has 3 nitrogen and oxygen atoms in total. The Hall–Kier alpha value is 0.516. The predicted octanol–water partition coefficient (Wildman–Crippen LogP) is 3.51. The van der Waals surface area contributed by atoms with Gasteiger partial charge in [-0.3, -0.25) is 0 Å². The molecular weight excluding hydrogens is 328 g/mol. The van der Waals surface area contributed by atoms with Gasteiger partial charge in [-0.1, -0.05) is 0 Å². The maximum atomic E-state index is 2.62. The van der Waals surface area contributed by atoms with Crippen molar-refractivity contribution in [1.82, 2.24) is 14.7 Å². The zero-order chi connectivity index (χ0) is 16.8. The standard InChI is InChI=1S/3C6H14N.Ga/c3*1-4-7(5-2)6-3;/h3*1,4-6H2,2-3H3;. The molecule has 0 fully saturated rings.